The Balaban J connectivity index is 1.44. The third-order valence-corrected chi connectivity index (χ3v) is 5.89. The van der Waals surface area contributed by atoms with Gasteiger partial charge >= 0.3 is 0 Å². The quantitative estimate of drug-likeness (QED) is 0.610. The molecule has 7 heteroatoms. The van der Waals surface area contributed by atoms with Gasteiger partial charge in [0.1, 0.15) is 12.7 Å². The van der Waals surface area contributed by atoms with Crippen molar-refractivity contribution in [1.29, 1.82) is 0 Å². The normalized spacial score (nSPS) is 13.7. The van der Waals surface area contributed by atoms with Crippen molar-refractivity contribution in [3.63, 3.8) is 0 Å². The summed E-state index contributed by atoms with van der Waals surface area (Å²) in [5, 5.41) is 4.82. The minimum atomic E-state index is 0.177. The summed E-state index contributed by atoms with van der Waals surface area (Å²) in [4.78, 5) is 20.9. The molecule has 134 valence electrons. The number of carbonyl (C=O) groups excluding carboxylic acids is 1. The van der Waals surface area contributed by atoms with Gasteiger partial charge in [0.2, 0.25) is 5.91 Å². The highest BCUT2D eigenvalue weighted by molar-refractivity contribution is 7.15. The number of halogens is 1. The molecule has 1 aromatic carbocycles. The second-order valence-electron chi connectivity index (χ2n) is 6.41. The molecule has 2 heterocycles. The van der Waals surface area contributed by atoms with Crippen LogP contribution in [-0.2, 0) is 17.9 Å². The number of benzene rings is 1. The Morgan fingerprint density at radius 3 is 2.85 bits per heavy atom. The minimum Gasteiger partial charge on any atom is -0.335 e. The van der Waals surface area contributed by atoms with Crippen molar-refractivity contribution in [3.05, 3.63) is 59.0 Å². The van der Waals surface area contributed by atoms with Crippen molar-refractivity contribution in [3.8, 4) is 10.4 Å². The number of aryl methyl sites for hydroxylation is 1. The molecule has 1 amide bonds. The first kappa shape index (κ1) is 17.2. The monoisotopic (exact) mass is 386 g/mol. The van der Waals surface area contributed by atoms with Crippen LogP contribution >= 0.6 is 22.9 Å². The maximum absolute atomic E-state index is 12.7. The predicted octanol–water partition coefficient (Wildman–Crippen LogP) is 4.24. The van der Waals surface area contributed by atoms with Gasteiger partial charge in [0.25, 0.3) is 0 Å². The van der Waals surface area contributed by atoms with Crippen molar-refractivity contribution < 1.29 is 4.79 Å². The lowest BCUT2D eigenvalue weighted by Crippen LogP contribution is -2.32. The number of thiophene rings is 1. The van der Waals surface area contributed by atoms with Crippen LogP contribution < -0.4 is 0 Å². The number of amides is 1. The summed E-state index contributed by atoms with van der Waals surface area (Å²) >= 11 is 8.00. The lowest BCUT2D eigenvalue weighted by molar-refractivity contribution is -0.132. The Bertz CT molecular complexity index is 889. The van der Waals surface area contributed by atoms with Crippen LogP contribution in [0.2, 0.25) is 5.02 Å². The molecular weight excluding hydrogens is 368 g/mol. The fourth-order valence-corrected chi connectivity index (χ4v) is 4.29. The van der Waals surface area contributed by atoms with Crippen molar-refractivity contribution in [2.75, 3.05) is 0 Å². The van der Waals surface area contributed by atoms with Crippen molar-refractivity contribution in [2.24, 2.45) is 0 Å². The van der Waals surface area contributed by atoms with Crippen LogP contribution in [0, 0.1) is 0 Å². The first-order valence-corrected chi connectivity index (χ1v) is 9.85. The highest BCUT2D eigenvalue weighted by Gasteiger charge is 2.32. The molecule has 0 N–H and O–H groups in total. The molecule has 0 aliphatic heterocycles. The summed E-state index contributed by atoms with van der Waals surface area (Å²) in [6.45, 7) is 1.23. The number of nitrogens with zero attached hydrogens (tertiary/aromatic N) is 4. The van der Waals surface area contributed by atoms with Crippen LogP contribution in [-0.4, -0.2) is 31.6 Å². The summed E-state index contributed by atoms with van der Waals surface area (Å²) in [6.07, 6.45) is 5.77. The fraction of sp³-hybridized carbons (Fsp3) is 0.316. The van der Waals surface area contributed by atoms with Crippen LogP contribution in [0.25, 0.3) is 10.4 Å². The van der Waals surface area contributed by atoms with Crippen LogP contribution in [0.15, 0.2) is 49.1 Å². The first-order valence-electron chi connectivity index (χ1n) is 8.66. The van der Waals surface area contributed by atoms with Gasteiger partial charge in [-0.1, -0.05) is 29.8 Å². The number of carbonyl (C=O) groups is 1. The van der Waals surface area contributed by atoms with Crippen molar-refractivity contribution in [2.45, 2.75) is 38.4 Å². The number of rotatable bonds is 7. The maximum atomic E-state index is 12.7. The Kier molecular flexibility index (Phi) is 5.04. The van der Waals surface area contributed by atoms with E-state index >= 15 is 0 Å². The second-order valence-corrected chi connectivity index (χ2v) is 7.98. The van der Waals surface area contributed by atoms with Gasteiger partial charge in [0.15, 0.2) is 0 Å². The highest BCUT2D eigenvalue weighted by atomic mass is 35.5. The molecule has 5 nitrogen and oxygen atoms in total. The van der Waals surface area contributed by atoms with Gasteiger partial charge in [-0.15, -0.1) is 11.3 Å². The molecule has 1 fully saturated rings. The first-order chi connectivity index (χ1) is 12.7. The fourth-order valence-electron chi connectivity index (χ4n) is 2.95. The number of hydrogen-bond acceptors (Lipinski definition) is 4. The summed E-state index contributed by atoms with van der Waals surface area (Å²) in [5.74, 6) is 0.177. The Morgan fingerprint density at radius 2 is 2.12 bits per heavy atom. The summed E-state index contributed by atoms with van der Waals surface area (Å²) < 4.78 is 1.70. The number of hydrogen-bond donors (Lipinski definition) is 0. The van der Waals surface area contributed by atoms with Crippen LogP contribution in [0.4, 0.5) is 0 Å². The predicted molar refractivity (Wildman–Crippen MR) is 103 cm³/mol. The molecule has 1 aliphatic carbocycles. The van der Waals surface area contributed by atoms with E-state index in [1.807, 2.05) is 29.2 Å². The third kappa shape index (κ3) is 3.97. The lowest BCUT2D eigenvalue weighted by Gasteiger charge is -2.21. The zero-order valence-electron chi connectivity index (χ0n) is 14.2. The van der Waals surface area contributed by atoms with Gasteiger partial charge in [-0.25, -0.2) is 4.98 Å². The SMILES string of the molecule is O=C(CCn1cncn1)N(Cc1ccc(-c2ccccc2Cl)s1)C1CC1. The summed E-state index contributed by atoms with van der Waals surface area (Å²) in [7, 11) is 0. The molecule has 3 aromatic rings. The Labute approximate surface area is 161 Å². The molecule has 0 atom stereocenters. The molecule has 26 heavy (non-hydrogen) atoms. The van der Waals surface area contributed by atoms with E-state index in [1.54, 1.807) is 22.3 Å². The number of aromatic nitrogens is 3. The topological polar surface area (TPSA) is 51.0 Å². The lowest BCUT2D eigenvalue weighted by atomic mass is 10.2. The van der Waals surface area contributed by atoms with Gasteiger partial charge in [-0.3, -0.25) is 9.48 Å². The molecule has 0 saturated heterocycles. The van der Waals surface area contributed by atoms with Gasteiger partial charge in [0, 0.05) is 32.8 Å². The van der Waals surface area contributed by atoms with E-state index in [1.165, 1.54) is 11.2 Å². The standard InChI is InChI=1S/C19H19ClN4OS/c20-17-4-2-1-3-16(17)18-8-7-15(26-18)11-24(14-5-6-14)19(25)9-10-23-13-21-12-22-23/h1-4,7-8,12-14H,5-6,9-11H2. The largest absolute Gasteiger partial charge is 0.335 e. The van der Waals surface area contributed by atoms with E-state index in [2.05, 4.69) is 22.2 Å². The smallest absolute Gasteiger partial charge is 0.225 e. The molecule has 0 radical (unpaired) electrons. The van der Waals surface area contributed by atoms with Crippen LogP contribution in [0.3, 0.4) is 0 Å². The molecule has 1 aliphatic rings. The molecule has 1 saturated carbocycles. The molecule has 0 bridgehead atoms. The minimum absolute atomic E-state index is 0.177. The van der Waals surface area contributed by atoms with E-state index in [4.69, 9.17) is 11.6 Å². The second kappa shape index (κ2) is 7.60. The molecule has 4 rings (SSSR count). The Morgan fingerprint density at radius 1 is 1.27 bits per heavy atom. The van der Waals surface area contributed by atoms with Gasteiger partial charge in [0.05, 0.1) is 13.1 Å². The summed E-state index contributed by atoms with van der Waals surface area (Å²) in [5.41, 5.74) is 1.04. The van der Waals surface area contributed by atoms with Crippen molar-refractivity contribution in [1.82, 2.24) is 19.7 Å². The van der Waals surface area contributed by atoms with Crippen LogP contribution in [0.1, 0.15) is 24.1 Å². The molecular formula is C19H19ClN4OS. The summed E-state index contributed by atoms with van der Waals surface area (Å²) in [6, 6.07) is 12.4. The third-order valence-electron chi connectivity index (χ3n) is 4.46. The van der Waals surface area contributed by atoms with E-state index in [0.29, 0.717) is 25.6 Å². The highest BCUT2D eigenvalue weighted by Crippen LogP contribution is 2.35. The van der Waals surface area contributed by atoms with E-state index in [-0.39, 0.29) is 5.91 Å². The van der Waals surface area contributed by atoms with Crippen molar-refractivity contribution >= 4 is 28.8 Å². The average Bonchev–Trinajstić information content (AvgIpc) is 3.16. The Hall–Kier alpha value is -2.18. The van der Waals surface area contributed by atoms with Gasteiger partial charge in [-0.2, -0.15) is 5.10 Å². The zero-order valence-corrected chi connectivity index (χ0v) is 15.8. The van der Waals surface area contributed by atoms with Crippen LogP contribution in [0.5, 0.6) is 0 Å². The molecule has 0 unspecified atom stereocenters. The average molecular weight is 387 g/mol. The molecule has 0 spiro atoms. The van der Waals surface area contributed by atoms with E-state index in [9.17, 15) is 4.79 Å². The molecule has 2 aromatic heterocycles. The van der Waals surface area contributed by atoms with Gasteiger partial charge in [-0.05, 0) is 31.0 Å². The zero-order chi connectivity index (χ0) is 17.9. The maximum Gasteiger partial charge on any atom is 0.225 e. The van der Waals surface area contributed by atoms with E-state index in [0.717, 1.165) is 28.3 Å². The van der Waals surface area contributed by atoms with E-state index < -0.39 is 0 Å². The van der Waals surface area contributed by atoms with Gasteiger partial charge < -0.3 is 4.90 Å².